The molecule has 15 heavy (non-hydrogen) atoms. The Labute approximate surface area is 94.8 Å². The van der Waals surface area contributed by atoms with Crippen LogP contribution in [0.3, 0.4) is 0 Å². The fourth-order valence-electron chi connectivity index (χ4n) is 2.03. The van der Waals surface area contributed by atoms with Gasteiger partial charge in [0, 0.05) is 19.0 Å². The van der Waals surface area contributed by atoms with Gasteiger partial charge < -0.3 is 4.90 Å². The van der Waals surface area contributed by atoms with Crippen LogP contribution in [0, 0.1) is 5.92 Å². The molecular weight excluding hydrogens is 184 g/mol. The number of rotatable bonds is 1. The molecular formula is C13H26N2. The summed E-state index contributed by atoms with van der Waals surface area (Å²) in [5, 5.41) is 0. The van der Waals surface area contributed by atoms with Gasteiger partial charge in [-0.15, -0.1) is 0 Å². The molecule has 0 spiro atoms. The lowest BCUT2D eigenvalue weighted by Gasteiger charge is -2.33. The van der Waals surface area contributed by atoms with E-state index in [1.165, 1.54) is 38.2 Å². The van der Waals surface area contributed by atoms with Gasteiger partial charge in [0.15, 0.2) is 0 Å². The number of nitrogens with zero attached hydrogens (tertiary/aromatic N) is 2. The van der Waals surface area contributed by atoms with Gasteiger partial charge in [-0.1, -0.05) is 13.8 Å². The highest BCUT2D eigenvalue weighted by Crippen LogP contribution is 2.17. The summed E-state index contributed by atoms with van der Waals surface area (Å²) in [5.41, 5.74) is 0.0526. The van der Waals surface area contributed by atoms with Crippen molar-refractivity contribution in [2.45, 2.75) is 59.4 Å². The SMILES string of the molecule is CC(C)C(=NC(C)(C)C)N1CCCCC1. The topological polar surface area (TPSA) is 15.6 Å². The number of likely N-dealkylation sites (tertiary alicyclic amines) is 1. The summed E-state index contributed by atoms with van der Waals surface area (Å²) in [6, 6.07) is 0. The molecule has 1 aliphatic heterocycles. The standard InChI is InChI=1S/C13H26N2/c1-11(2)12(14-13(3,4)5)15-9-7-6-8-10-15/h11H,6-10H2,1-5H3. The van der Waals surface area contributed by atoms with Crippen LogP contribution in [-0.4, -0.2) is 29.4 Å². The van der Waals surface area contributed by atoms with Crippen LogP contribution in [0.5, 0.6) is 0 Å². The van der Waals surface area contributed by atoms with Crippen LogP contribution < -0.4 is 0 Å². The Morgan fingerprint density at radius 2 is 1.60 bits per heavy atom. The third kappa shape index (κ3) is 4.23. The Morgan fingerprint density at radius 3 is 2.00 bits per heavy atom. The Morgan fingerprint density at radius 1 is 1.07 bits per heavy atom. The zero-order valence-electron chi connectivity index (χ0n) is 11.0. The summed E-state index contributed by atoms with van der Waals surface area (Å²) in [6.45, 7) is 13.4. The molecule has 1 fully saturated rings. The normalized spacial score (nSPS) is 19.9. The molecule has 0 unspecified atom stereocenters. The van der Waals surface area contributed by atoms with Crippen molar-refractivity contribution in [2.24, 2.45) is 10.9 Å². The minimum atomic E-state index is 0.0526. The average Bonchev–Trinajstić information content (AvgIpc) is 2.14. The van der Waals surface area contributed by atoms with E-state index in [9.17, 15) is 0 Å². The summed E-state index contributed by atoms with van der Waals surface area (Å²) < 4.78 is 0. The third-order valence-corrected chi connectivity index (χ3v) is 2.65. The highest BCUT2D eigenvalue weighted by molar-refractivity contribution is 5.84. The van der Waals surface area contributed by atoms with Crippen LogP contribution in [0.2, 0.25) is 0 Å². The lowest BCUT2D eigenvalue weighted by atomic mass is 10.1. The molecule has 1 aliphatic rings. The van der Waals surface area contributed by atoms with E-state index in [2.05, 4.69) is 39.5 Å². The molecule has 0 amide bonds. The highest BCUT2D eigenvalue weighted by Gasteiger charge is 2.20. The zero-order chi connectivity index (χ0) is 11.5. The molecule has 2 nitrogen and oxygen atoms in total. The molecule has 1 heterocycles. The van der Waals surface area contributed by atoms with Gasteiger partial charge >= 0.3 is 0 Å². The van der Waals surface area contributed by atoms with Crippen molar-refractivity contribution >= 4 is 5.84 Å². The van der Waals surface area contributed by atoms with Gasteiger partial charge in [-0.05, 0) is 40.0 Å². The van der Waals surface area contributed by atoms with Crippen molar-refractivity contribution in [3.63, 3.8) is 0 Å². The fourth-order valence-corrected chi connectivity index (χ4v) is 2.03. The number of hydrogen-bond acceptors (Lipinski definition) is 1. The molecule has 1 saturated heterocycles. The van der Waals surface area contributed by atoms with Crippen LogP contribution in [-0.2, 0) is 0 Å². The zero-order valence-corrected chi connectivity index (χ0v) is 11.0. The summed E-state index contributed by atoms with van der Waals surface area (Å²) in [5.74, 6) is 1.85. The van der Waals surface area contributed by atoms with Crippen molar-refractivity contribution in [1.29, 1.82) is 0 Å². The van der Waals surface area contributed by atoms with E-state index < -0.39 is 0 Å². The van der Waals surface area contributed by atoms with Crippen molar-refractivity contribution in [3.05, 3.63) is 0 Å². The maximum absolute atomic E-state index is 4.87. The molecule has 1 rings (SSSR count). The minimum absolute atomic E-state index is 0.0526. The first-order valence-corrected chi connectivity index (χ1v) is 6.25. The van der Waals surface area contributed by atoms with Gasteiger partial charge in [-0.25, -0.2) is 0 Å². The molecule has 88 valence electrons. The first-order chi connectivity index (χ1) is 6.90. The Hall–Kier alpha value is -0.530. The molecule has 0 bridgehead atoms. The number of hydrogen-bond donors (Lipinski definition) is 0. The van der Waals surface area contributed by atoms with E-state index in [1.54, 1.807) is 0 Å². The van der Waals surface area contributed by atoms with Gasteiger partial charge in [0.1, 0.15) is 5.84 Å². The van der Waals surface area contributed by atoms with Crippen molar-refractivity contribution < 1.29 is 0 Å². The van der Waals surface area contributed by atoms with Crippen LogP contribution >= 0.6 is 0 Å². The highest BCUT2D eigenvalue weighted by atomic mass is 15.2. The second-order valence-electron chi connectivity index (χ2n) is 5.84. The van der Waals surface area contributed by atoms with Gasteiger partial charge in [-0.3, -0.25) is 4.99 Å². The summed E-state index contributed by atoms with van der Waals surface area (Å²) in [6.07, 6.45) is 4.04. The number of aliphatic imine (C=N–C) groups is 1. The van der Waals surface area contributed by atoms with Crippen LogP contribution in [0.15, 0.2) is 4.99 Å². The molecule has 0 aromatic carbocycles. The maximum atomic E-state index is 4.87. The van der Waals surface area contributed by atoms with Gasteiger partial charge in [0.2, 0.25) is 0 Å². The summed E-state index contributed by atoms with van der Waals surface area (Å²) >= 11 is 0. The van der Waals surface area contributed by atoms with Crippen molar-refractivity contribution in [3.8, 4) is 0 Å². The predicted octanol–water partition coefficient (Wildman–Crippen LogP) is 3.33. The molecule has 0 N–H and O–H groups in total. The maximum Gasteiger partial charge on any atom is 0.102 e. The van der Waals surface area contributed by atoms with Crippen molar-refractivity contribution in [2.75, 3.05) is 13.1 Å². The van der Waals surface area contributed by atoms with Crippen molar-refractivity contribution in [1.82, 2.24) is 4.90 Å². The average molecular weight is 210 g/mol. The van der Waals surface area contributed by atoms with E-state index in [0.29, 0.717) is 5.92 Å². The van der Waals surface area contributed by atoms with Crippen LogP contribution in [0.25, 0.3) is 0 Å². The monoisotopic (exact) mass is 210 g/mol. The molecule has 0 aliphatic carbocycles. The van der Waals surface area contributed by atoms with Gasteiger partial charge in [0.05, 0.1) is 5.54 Å². The van der Waals surface area contributed by atoms with E-state index >= 15 is 0 Å². The fraction of sp³-hybridized carbons (Fsp3) is 0.923. The Kier molecular flexibility index (Phi) is 4.18. The van der Waals surface area contributed by atoms with E-state index in [1.807, 2.05) is 0 Å². The summed E-state index contributed by atoms with van der Waals surface area (Å²) in [7, 11) is 0. The lowest BCUT2D eigenvalue weighted by molar-refractivity contribution is 0.325. The van der Waals surface area contributed by atoms with Gasteiger partial charge in [-0.2, -0.15) is 0 Å². The smallest absolute Gasteiger partial charge is 0.102 e. The molecule has 0 aromatic heterocycles. The lowest BCUT2D eigenvalue weighted by Crippen LogP contribution is -2.40. The summed E-state index contributed by atoms with van der Waals surface area (Å²) in [4.78, 5) is 7.36. The largest absolute Gasteiger partial charge is 0.360 e. The first-order valence-electron chi connectivity index (χ1n) is 6.25. The van der Waals surface area contributed by atoms with Gasteiger partial charge in [0.25, 0.3) is 0 Å². The molecule has 2 heteroatoms. The number of amidine groups is 1. The number of piperidine rings is 1. The second-order valence-corrected chi connectivity index (χ2v) is 5.84. The molecule has 0 aromatic rings. The van der Waals surface area contributed by atoms with Crippen LogP contribution in [0.1, 0.15) is 53.9 Å². The second kappa shape index (κ2) is 5.00. The van der Waals surface area contributed by atoms with E-state index in [0.717, 1.165) is 0 Å². The third-order valence-electron chi connectivity index (χ3n) is 2.65. The molecule has 0 atom stereocenters. The first kappa shape index (κ1) is 12.5. The molecule has 0 radical (unpaired) electrons. The van der Waals surface area contributed by atoms with E-state index in [-0.39, 0.29) is 5.54 Å². The van der Waals surface area contributed by atoms with Crippen LogP contribution in [0.4, 0.5) is 0 Å². The Bertz CT molecular complexity index is 217. The Balaban J connectivity index is 2.77. The predicted molar refractivity (Wildman–Crippen MR) is 67.5 cm³/mol. The quantitative estimate of drug-likeness (QED) is 0.479. The minimum Gasteiger partial charge on any atom is -0.360 e. The molecule has 0 saturated carbocycles. The van der Waals surface area contributed by atoms with E-state index in [4.69, 9.17) is 4.99 Å².